The number of hydrogen-bond donors (Lipinski definition) is 1. The van der Waals surface area contributed by atoms with E-state index in [-0.39, 0.29) is 5.91 Å². The van der Waals surface area contributed by atoms with Gasteiger partial charge in [-0.15, -0.1) is 11.6 Å². The summed E-state index contributed by atoms with van der Waals surface area (Å²) in [5, 5.41) is 2.06. The standard InChI is InChI=1S/C11H14ClNO3/c1-7(12)11(14)13-9-6-8(15-2)4-5-10(9)16-3/h4-7H,1-3H3,(H,13,14). The van der Waals surface area contributed by atoms with Gasteiger partial charge in [0, 0.05) is 6.07 Å². The molecule has 0 aliphatic heterocycles. The van der Waals surface area contributed by atoms with E-state index in [0.717, 1.165) is 0 Å². The van der Waals surface area contributed by atoms with E-state index in [1.54, 1.807) is 32.2 Å². The molecule has 1 amide bonds. The summed E-state index contributed by atoms with van der Waals surface area (Å²) in [7, 11) is 3.08. The Morgan fingerprint density at radius 1 is 1.38 bits per heavy atom. The molecule has 1 aromatic rings. The quantitative estimate of drug-likeness (QED) is 0.826. The average Bonchev–Trinajstić information content (AvgIpc) is 2.28. The van der Waals surface area contributed by atoms with Crippen molar-refractivity contribution in [3.8, 4) is 11.5 Å². The Kier molecular flexibility index (Phi) is 4.43. The van der Waals surface area contributed by atoms with E-state index in [2.05, 4.69) is 5.32 Å². The van der Waals surface area contributed by atoms with Crippen LogP contribution in [0.4, 0.5) is 5.69 Å². The monoisotopic (exact) mass is 243 g/mol. The van der Waals surface area contributed by atoms with Crippen molar-refractivity contribution in [3.05, 3.63) is 18.2 Å². The highest BCUT2D eigenvalue weighted by molar-refractivity contribution is 6.32. The van der Waals surface area contributed by atoms with Crippen molar-refractivity contribution in [1.82, 2.24) is 0 Å². The number of methoxy groups -OCH3 is 2. The fraction of sp³-hybridized carbons (Fsp3) is 0.364. The minimum absolute atomic E-state index is 0.284. The number of rotatable bonds is 4. The number of amides is 1. The largest absolute Gasteiger partial charge is 0.497 e. The number of alkyl halides is 1. The van der Waals surface area contributed by atoms with E-state index >= 15 is 0 Å². The molecule has 1 N–H and O–H groups in total. The minimum atomic E-state index is -0.601. The van der Waals surface area contributed by atoms with Gasteiger partial charge < -0.3 is 14.8 Å². The lowest BCUT2D eigenvalue weighted by atomic mass is 10.2. The molecule has 0 radical (unpaired) electrons. The molecule has 1 rings (SSSR count). The third kappa shape index (κ3) is 3.03. The first-order chi connectivity index (χ1) is 7.58. The second kappa shape index (κ2) is 5.61. The van der Waals surface area contributed by atoms with Gasteiger partial charge in [-0.25, -0.2) is 0 Å². The maximum Gasteiger partial charge on any atom is 0.242 e. The van der Waals surface area contributed by atoms with Crippen LogP contribution in [0.25, 0.3) is 0 Å². The summed E-state index contributed by atoms with van der Waals surface area (Å²) >= 11 is 5.66. The summed E-state index contributed by atoms with van der Waals surface area (Å²) in [6, 6.07) is 5.14. The molecule has 88 valence electrons. The molecule has 0 bridgehead atoms. The Morgan fingerprint density at radius 3 is 2.56 bits per heavy atom. The van der Waals surface area contributed by atoms with E-state index in [1.807, 2.05) is 0 Å². The Morgan fingerprint density at radius 2 is 2.06 bits per heavy atom. The first-order valence-electron chi connectivity index (χ1n) is 4.75. The number of anilines is 1. The molecule has 1 unspecified atom stereocenters. The van der Waals surface area contributed by atoms with Gasteiger partial charge in [0.2, 0.25) is 5.91 Å². The smallest absolute Gasteiger partial charge is 0.242 e. The van der Waals surface area contributed by atoms with E-state index in [1.165, 1.54) is 7.11 Å². The zero-order chi connectivity index (χ0) is 12.1. The predicted molar refractivity (Wildman–Crippen MR) is 63.5 cm³/mol. The lowest BCUT2D eigenvalue weighted by molar-refractivity contribution is -0.115. The maximum absolute atomic E-state index is 11.4. The molecule has 5 heteroatoms. The first-order valence-corrected chi connectivity index (χ1v) is 5.19. The Bertz CT molecular complexity index is 379. The lowest BCUT2D eigenvalue weighted by Crippen LogP contribution is -2.20. The highest BCUT2D eigenvalue weighted by Crippen LogP contribution is 2.29. The number of hydrogen-bond acceptors (Lipinski definition) is 3. The van der Waals surface area contributed by atoms with Gasteiger partial charge in [-0.05, 0) is 19.1 Å². The van der Waals surface area contributed by atoms with E-state index in [4.69, 9.17) is 21.1 Å². The van der Waals surface area contributed by atoms with E-state index in [9.17, 15) is 4.79 Å². The molecule has 0 heterocycles. The molecule has 0 fully saturated rings. The number of halogens is 1. The summed E-state index contributed by atoms with van der Waals surface area (Å²) in [6.45, 7) is 1.60. The molecule has 0 aliphatic rings. The molecule has 16 heavy (non-hydrogen) atoms. The van der Waals surface area contributed by atoms with Crippen LogP contribution in [0.15, 0.2) is 18.2 Å². The fourth-order valence-corrected chi connectivity index (χ4v) is 1.20. The van der Waals surface area contributed by atoms with Crippen LogP contribution in [0.5, 0.6) is 11.5 Å². The van der Waals surface area contributed by atoms with Crippen molar-refractivity contribution in [2.24, 2.45) is 0 Å². The Labute approximate surface area is 99.5 Å². The van der Waals surface area contributed by atoms with Gasteiger partial charge in [-0.1, -0.05) is 0 Å². The van der Waals surface area contributed by atoms with Crippen LogP contribution in [-0.2, 0) is 4.79 Å². The van der Waals surface area contributed by atoms with Gasteiger partial charge in [-0.2, -0.15) is 0 Å². The summed E-state index contributed by atoms with van der Waals surface area (Å²) in [5.41, 5.74) is 0.541. The molecule has 0 saturated heterocycles. The van der Waals surface area contributed by atoms with Crippen LogP contribution >= 0.6 is 11.6 Å². The summed E-state index contributed by atoms with van der Waals surface area (Å²) < 4.78 is 10.2. The van der Waals surface area contributed by atoms with Gasteiger partial charge in [0.15, 0.2) is 0 Å². The van der Waals surface area contributed by atoms with Crippen LogP contribution < -0.4 is 14.8 Å². The van der Waals surface area contributed by atoms with Crippen molar-refractivity contribution in [1.29, 1.82) is 0 Å². The van der Waals surface area contributed by atoms with Crippen LogP contribution in [0.3, 0.4) is 0 Å². The molecule has 0 spiro atoms. The third-order valence-electron chi connectivity index (χ3n) is 2.03. The molecule has 1 atom stereocenters. The van der Waals surface area contributed by atoms with Crippen molar-refractivity contribution in [3.63, 3.8) is 0 Å². The van der Waals surface area contributed by atoms with Crippen molar-refractivity contribution < 1.29 is 14.3 Å². The first kappa shape index (κ1) is 12.6. The van der Waals surface area contributed by atoms with Crippen molar-refractivity contribution >= 4 is 23.2 Å². The van der Waals surface area contributed by atoms with Crippen LogP contribution in [-0.4, -0.2) is 25.5 Å². The van der Waals surface area contributed by atoms with Gasteiger partial charge in [0.05, 0.1) is 19.9 Å². The molecule has 0 aromatic heterocycles. The summed E-state index contributed by atoms with van der Waals surface area (Å²) in [6.07, 6.45) is 0. The number of nitrogens with one attached hydrogen (secondary N) is 1. The molecule has 0 saturated carbocycles. The zero-order valence-electron chi connectivity index (χ0n) is 9.41. The Hall–Kier alpha value is -1.42. The number of carbonyl (C=O) groups is 1. The van der Waals surface area contributed by atoms with Gasteiger partial charge in [0.25, 0.3) is 0 Å². The zero-order valence-corrected chi connectivity index (χ0v) is 10.2. The second-order valence-electron chi connectivity index (χ2n) is 3.17. The minimum Gasteiger partial charge on any atom is -0.497 e. The highest BCUT2D eigenvalue weighted by Gasteiger charge is 2.12. The predicted octanol–water partition coefficient (Wildman–Crippen LogP) is 2.27. The highest BCUT2D eigenvalue weighted by atomic mass is 35.5. The fourth-order valence-electron chi connectivity index (χ4n) is 1.14. The van der Waals surface area contributed by atoms with Crippen LogP contribution in [0.2, 0.25) is 0 Å². The summed E-state index contributed by atoms with van der Waals surface area (Å²) in [4.78, 5) is 11.4. The third-order valence-corrected chi connectivity index (χ3v) is 2.22. The molecular weight excluding hydrogens is 230 g/mol. The van der Waals surface area contributed by atoms with Gasteiger partial charge in [-0.3, -0.25) is 4.79 Å². The lowest BCUT2D eigenvalue weighted by Gasteiger charge is -2.12. The topological polar surface area (TPSA) is 47.6 Å². The molecule has 4 nitrogen and oxygen atoms in total. The maximum atomic E-state index is 11.4. The number of benzene rings is 1. The molecule has 0 aliphatic carbocycles. The second-order valence-corrected chi connectivity index (χ2v) is 3.83. The number of carbonyl (C=O) groups excluding carboxylic acids is 1. The molecular formula is C11H14ClNO3. The van der Waals surface area contributed by atoms with Gasteiger partial charge in [0.1, 0.15) is 16.9 Å². The van der Waals surface area contributed by atoms with Crippen LogP contribution in [0.1, 0.15) is 6.92 Å². The average molecular weight is 244 g/mol. The van der Waals surface area contributed by atoms with Gasteiger partial charge >= 0.3 is 0 Å². The van der Waals surface area contributed by atoms with E-state index < -0.39 is 5.38 Å². The van der Waals surface area contributed by atoms with Crippen molar-refractivity contribution in [2.75, 3.05) is 19.5 Å². The van der Waals surface area contributed by atoms with Crippen molar-refractivity contribution in [2.45, 2.75) is 12.3 Å². The normalized spacial score (nSPS) is 11.8. The Balaban J connectivity index is 2.95. The molecule has 1 aromatic carbocycles. The number of ether oxygens (including phenoxy) is 2. The summed E-state index contributed by atoms with van der Waals surface area (Å²) in [5.74, 6) is 0.915. The SMILES string of the molecule is COc1ccc(OC)c(NC(=O)C(C)Cl)c1. The van der Waals surface area contributed by atoms with E-state index in [0.29, 0.717) is 17.2 Å². The van der Waals surface area contributed by atoms with Crippen LogP contribution in [0, 0.1) is 0 Å².